The monoisotopic (exact) mass is 223 g/mol. The lowest BCUT2D eigenvalue weighted by atomic mass is 10.1. The smallest absolute Gasteiger partial charge is 0.247 e. The van der Waals surface area contributed by atoms with Crippen LogP contribution in [0.1, 0.15) is 18.1 Å². The molecule has 88 valence electrons. The van der Waals surface area contributed by atoms with Crippen LogP contribution in [0.2, 0.25) is 0 Å². The highest BCUT2D eigenvalue weighted by atomic mass is 16.6. The SMILES string of the molecule is CCONC(=O)Cc1ccc(C)c(OC)c1. The van der Waals surface area contributed by atoms with Crippen LogP contribution < -0.4 is 10.2 Å². The molecular formula is C12H17NO3. The van der Waals surface area contributed by atoms with Crippen molar-refractivity contribution in [1.29, 1.82) is 0 Å². The summed E-state index contributed by atoms with van der Waals surface area (Å²) < 4.78 is 5.19. The Morgan fingerprint density at radius 2 is 2.19 bits per heavy atom. The topological polar surface area (TPSA) is 47.6 Å². The van der Waals surface area contributed by atoms with Gasteiger partial charge in [-0.1, -0.05) is 12.1 Å². The molecule has 0 saturated carbocycles. The van der Waals surface area contributed by atoms with Gasteiger partial charge in [0.15, 0.2) is 0 Å². The Labute approximate surface area is 95.5 Å². The van der Waals surface area contributed by atoms with Crippen molar-refractivity contribution in [3.05, 3.63) is 29.3 Å². The molecule has 0 saturated heterocycles. The van der Waals surface area contributed by atoms with Crippen molar-refractivity contribution >= 4 is 5.91 Å². The van der Waals surface area contributed by atoms with Crippen LogP contribution in [0.15, 0.2) is 18.2 Å². The first kappa shape index (κ1) is 12.5. The first-order chi connectivity index (χ1) is 7.67. The number of aryl methyl sites for hydroxylation is 1. The summed E-state index contributed by atoms with van der Waals surface area (Å²) in [6, 6.07) is 5.70. The van der Waals surface area contributed by atoms with Gasteiger partial charge in [-0.2, -0.15) is 0 Å². The van der Waals surface area contributed by atoms with Crippen LogP contribution in [0.25, 0.3) is 0 Å². The molecule has 0 unspecified atom stereocenters. The molecule has 0 fully saturated rings. The van der Waals surface area contributed by atoms with Gasteiger partial charge in [0, 0.05) is 0 Å². The highest BCUT2D eigenvalue weighted by Gasteiger charge is 2.05. The molecular weight excluding hydrogens is 206 g/mol. The lowest BCUT2D eigenvalue weighted by molar-refractivity contribution is -0.132. The number of methoxy groups -OCH3 is 1. The molecule has 4 heteroatoms. The largest absolute Gasteiger partial charge is 0.496 e. The van der Waals surface area contributed by atoms with Crippen molar-refractivity contribution in [2.45, 2.75) is 20.3 Å². The molecule has 1 amide bonds. The molecule has 16 heavy (non-hydrogen) atoms. The number of carbonyl (C=O) groups excluding carboxylic acids is 1. The summed E-state index contributed by atoms with van der Waals surface area (Å²) in [7, 11) is 1.62. The number of ether oxygens (including phenoxy) is 1. The van der Waals surface area contributed by atoms with E-state index in [1.54, 1.807) is 7.11 Å². The Morgan fingerprint density at radius 3 is 2.81 bits per heavy atom. The molecule has 1 aromatic carbocycles. The van der Waals surface area contributed by atoms with Gasteiger partial charge >= 0.3 is 0 Å². The Kier molecular flexibility index (Phi) is 4.79. The van der Waals surface area contributed by atoms with Crippen LogP contribution in [-0.4, -0.2) is 19.6 Å². The van der Waals surface area contributed by atoms with Crippen molar-refractivity contribution in [1.82, 2.24) is 5.48 Å². The standard InChI is InChI=1S/C12H17NO3/c1-4-16-13-12(14)8-10-6-5-9(2)11(7-10)15-3/h5-7H,4,8H2,1-3H3,(H,13,14). The minimum atomic E-state index is -0.159. The van der Waals surface area contributed by atoms with E-state index in [4.69, 9.17) is 9.57 Å². The average molecular weight is 223 g/mol. The zero-order valence-electron chi connectivity index (χ0n) is 9.87. The fourth-order valence-electron chi connectivity index (χ4n) is 1.35. The molecule has 4 nitrogen and oxygen atoms in total. The Bertz CT molecular complexity index is 363. The molecule has 0 aromatic heterocycles. The fourth-order valence-corrected chi connectivity index (χ4v) is 1.35. The van der Waals surface area contributed by atoms with E-state index < -0.39 is 0 Å². The van der Waals surface area contributed by atoms with Crippen LogP contribution in [0.4, 0.5) is 0 Å². The van der Waals surface area contributed by atoms with E-state index in [1.807, 2.05) is 32.0 Å². The van der Waals surface area contributed by atoms with E-state index in [1.165, 1.54) is 0 Å². The first-order valence-corrected chi connectivity index (χ1v) is 5.21. The zero-order chi connectivity index (χ0) is 12.0. The van der Waals surface area contributed by atoms with Gasteiger partial charge in [0.05, 0.1) is 20.1 Å². The number of benzene rings is 1. The summed E-state index contributed by atoms with van der Waals surface area (Å²) in [5.41, 5.74) is 4.31. The molecule has 1 aromatic rings. The summed E-state index contributed by atoms with van der Waals surface area (Å²) in [6.07, 6.45) is 0.288. The summed E-state index contributed by atoms with van der Waals surface area (Å²) in [5.74, 6) is 0.634. The molecule has 1 N–H and O–H groups in total. The van der Waals surface area contributed by atoms with Gasteiger partial charge in [0.2, 0.25) is 5.91 Å². The molecule has 0 atom stereocenters. The highest BCUT2D eigenvalue weighted by molar-refractivity contribution is 5.77. The number of hydrogen-bond acceptors (Lipinski definition) is 3. The minimum Gasteiger partial charge on any atom is -0.496 e. The third-order valence-corrected chi connectivity index (χ3v) is 2.17. The molecule has 0 spiro atoms. The molecule has 0 aliphatic rings. The number of hydroxylamine groups is 1. The van der Waals surface area contributed by atoms with Crippen LogP contribution in [0.3, 0.4) is 0 Å². The number of amides is 1. The van der Waals surface area contributed by atoms with E-state index in [9.17, 15) is 4.79 Å². The van der Waals surface area contributed by atoms with Gasteiger partial charge in [0.1, 0.15) is 5.75 Å². The van der Waals surface area contributed by atoms with E-state index in [2.05, 4.69) is 5.48 Å². The predicted octanol–water partition coefficient (Wildman–Crippen LogP) is 1.61. The van der Waals surface area contributed by atoms with Gasteiger partial charge in [-0.15, -0.1) is 0 Å². The van der Waals surface area contributed by atoms with E-state index in [0.717, 1.165) is 16.9 Å². The first-order valence-electron chi connectivity index (χ1n) is 5.21. The van der Waals surface area contributed by atoms with E-state index >= 15 is 0 Å². The maximum Gasteiger partial charge on any atom is 0.247 e. The van der Waals surface area contributed by atoms with Gasteiger partial charge < -0.3 is 4.74 Å². The van der Waals surface area contributed by atoms with Crippen LogP contribution in [0.5, 0.6) is 5.75 Å². The zero-order valence-corrected chi connectivity index (χ0v) is 9.87. The third kappa shape index (κ3) is 3.55. The van der Waals surface area contributed by atoms with E-state index in [0.29, 0.717) is 6.61 Å². The van der Waals surface area contributed by atoms with Gasteiger partial charge in [-0.3, -0.25) is 9.63 Å². The van der Waals surface area contributed by atoms with Crippen molar-refractivity contribution in [3.8, 4) is 5.75 Å². The molecule has 0 aliphatic carbocycles. The maximum atomic E-state index is 11.4. The van der Waals surface area contributed by atoms with Crippen molar-refractivity contribution in [3.63, 3.8) is 0 Å². The molecule has 0 heterocycles. The predicted molar refractivity (Wildman–Crippen MR) is 61.2 cm³/mol. The van der Waals surface area contributed by atoms with Gasteiger partial charge in [0.25, 0.3) is 0 Å². The normalized spacial score (nSPS) is 9.94. The number of rotatable bonds is 5. The maximum absolute atomic E-state index is 11.4. The third-order valence-electron chi connectivity index (χ3n) is 2.17. The number of carbonyl (C=O) groups is 1. The summed E-state index contributed by atoms with van der Waals surface area (Å²) in [6.45, 7) is 4.24. The Hall–Kier alpha value is -1.55. The summed E-state index contributed by atoms with van der Waals surface area (Å²) in [4.78, 5) is 16.2. The highest BCUT2D eigenvalue weighted by Crippen LogP contribution is 2.19. The quantitative estimate of drug-likeness (QED) is 0.771. The second kappa shape index (κ2) is 6.12. The van der Waals surface area contributed by atoms with Crippen molar-refractivity contribution in [2.75, 3.05) is 13.7 Å². The molecule has 0 radical (unpaired) electrons. The minimum absolute atomic E-state index is 0.159. The lowest BCUT2D eigenvalue weighted by Crippen LogP contribution is -2.25. The summed E-state index contributed by atoms with van der Waals surface area (Å²) >= 11 is 0. The van der Waals surface area contributed by atoms with Gasteiger partial charge in [-0.25, -0.2) is 5.48 Å². The summed E-state index contributed by atoms with van der Waals surface area (Å²) in [5, 5.41) is 0. The second-order valence-corrected chi connectivity index (χ2v) is 3.44. The molecule has 0 aliphatic heterocycles. The number of nitrogens with one attached hydrogen (secondary N) is 1. The molecule has 0 bridgehead atoms. The fraction of sp³-hybridized carbons (Fsp3) is 0.417. The lowest BCUT2D eigenvalue weighted by Gasteiger charge is -2.07. The van der Waals surface area contributed by atoms with Crippen LogP contribution in [-0.2, 0) is 16.1 Å². The van der Waals surface area contributed by atoms with Crippen LogP contribution in [0, 0.1) is 6.92 Å². The Balaban J connectivity index is 2.63. The average Bonchev–Trinajstić information content (AvgIpc) is 2.29. The van der Waals surface area contributed by atoms with Crippen LogP contribution >= 0.6 is 0 Å². The second-order valence-electron chi connectivity index (χ2n) is 3.44. The van der Waals surface area contributed by atoms with Crippen molar-refractivity contribution < 1.29 is 14.4 Å². The molecule has 1 rings (SSSR count). The number of hydrogen-bond donors (Lipinski definition) is 1. The Morgan fingerprint density at radius 1 is 1.44 bits per heavy atom. The van der Waals surface area contributed by atoms with E-state index in [-0.39, 0.29) is 12.3 Å². The van der Waals surface area contributed by atoms with Gasteiger partial charge in [-0.05, 0) is 31.0 Å². The van der Waals surface area contributed by atoms with Crippen molar-refractivity contribution in [2.24, 2.45) is 0 Å².